The first-order chi connectivity index (χ1) is 6.36. The summed E-state index contributed by atoms with van der Waals surface area (Å²) in [4.78, 5) is 0. The van der Waals surface area contributed by atoms with Gasteiger partial charge in [-0.2, -0.15) is 0 Å². The van der Waals surface area contributed by atoms with Crippen LogP contribution in [0.4, 0.5) is 0 Å². The zero-order chi connectivity index (χ0) is 9.52. The molecule has 0 spiro atoms. The van der Waals surface area contributed by atoms with Crippen molar-refractivity contribution in [3.8, 4) is 0 Å². The molecule has 0 aromatic heterocycles. The zero-order valence-corrected chi connectivity index (χ0v) is 8.50. The maximum absolute atomic E-state index is 8.98. The summed E-state index contributed by atoms with van der Waals surface area (Å²) >= 11 is 0. The van der Waals surface area contributed by atoms with Gasteiger partial charge in [-0.25, -0.2) is 0 Å². The van der Waals surface area contributed by atoms with E-state index >= 15 is 0 Å². The highest BCUT2D eigenvalue weighted by Crippen LogP contribution is 2.17. The lowest BCUT2D eigenvalue weighted by Gasteiger charge is -2.21. The van der Waals surface area contributed by atoms with E-state index in [9.17, 15) is 0 Å². The van der Waals surface area contributed by atoms with Crippen LogP contribution in [0.15, 0.2) is 12.2 Å². The standard InChI is InChI=1S/C11H21NO/c1-2-11(9-13)12-8-10-6-4-3-5-7-10/h3-4,10-13H,2,5-9H2,1H3. The van der Waals surface area contributed by atoms with Crippen LogP contribution in [0.3, 0.4) is 0 Å². The molecule has 2 unspecified atom stereocenters. The summed E-state index contributed by atoms with van der Waals surface area (Å²) in [5.74, 6) is 0.783. The lowest BCUT2D eigenvalue weighted by molar-refractivity contribution is 0.232. The molecular formula is C11H21NO. The van der Waals surface area contributed by atoms with Crippen molar-refractivity contribution in [3.05, 3.63) is 12.2 Å². The second-order valence-corrected chi connectivity index (χ2v) is 3.85. The van der Waals surface area contributed by atoms with E-state index in [1.54, 1.807) is 0 Å². The van der Waals surface area contributed by atoms with Gasteiger partial charge in [-0.3, -0.25) is 0 Å². The average Bonchev–Trinajstić information content (AvgIpc) is 2.21. The number of nitrogens with one attached hydrogen (secondary N) is 1. The molecule has 2 heteroatoms. The predicted octanol–water partition coefficient (Wildman–Crippen LogP) is 1.70. The van der Waals surface area contributed by atoms with E-state index in [4.69, 9.17) is 5.11 Å². The number of aliphatic hydroxyl groups excluding tert-OH is 1. The largest absolute Gasteiger partial charge is 0.395 e. The SMILES string of the molecule is CCC(CO)NCC1CC=CCC1. The fraction of sp³-hybridized carbons (Fsp3) is 0.818. The van der Waals surface area contributed by atoms with Crippen LogP contribution in [0.1, 0.15) is 32.6 Å². The molecule has 0 fully saturated rings. The van der Waals surface area contributed by atoms with Crippen molar-refractivity contribution in [3.63, 3.8) is 0 Å². The molecule has 0 amide bonds. The summed E-state index contributed by atoms with van der Waals surface area (Å²) in [5, 5.41) is 12.4. The van der Waals surface area contributed by atoms with E-state index in [0.717, 1.165) is 18.9 Å². The second-order valence-electron chi connectivity index (χ2n) is 3.85. The molecule has 2 nitrogen and oxygen atoms in total. The van der Waals surface area contributed by atoms with Crippen molar-refractivity contribution in [2.24, 2.45) is 5.92 Å². The molecule has 2 N–H and O–H groups in total. The van der Waals surface area contributed by atoms with Gasteiger partial charge >= 0.3 is 0 Å². The molecule has 0 aliphatic heterocycles. The minimum absolute atomic E-state index is 0.263. The van der Waals surface area contributed by atoms with Gasteiger partial charge in [0, 0.05) is 6.04 Å². The first-order valence-electron chi connectivity index (χ1n) is 5.36. The molecule has 1 aliphatic rings. The first-order valence-corrected chi connectivity index (χ1v) is 5.36. The maximum Gasteiger partial charge on any atom is 0.0584 e. The minimum atomic E-state index is 0.263. The van der Waals surface area contributed by atoms with Crippen molar-refractivity contribution >= 4 is 0 Å². The number of rotatable bonds is 5. The van der Waals surface area contributed by atoms with Gasteiger partial charge in [0.25, 0.3) is 0 Å². The monoisotopic (exact) mass is 183 g/mol. The molecule has 76 valence electrons. The quantitative estimate of drug-likeness (QED) is 0.636. The van der Waals surface area contributed by atoms with Crippen molar-refractivity contribution in [2.75, 3.05) is 13.2 Å². The van der Waals surface area contributed by atoms with E-state index < -0.39 is 0 Å². The van der Waals surface area contributed by atoms with Gasteiger partial charge < -0.3 is 10.4 Å². The Balaban J connectivity index is 2.13. The fourth-order valence-corrected chi connectivity index (χ4v) is 1.71. The van der Waals surface area contributed by atoms with Crippen molar-refractivity contribution in [1.82, 2.24) is 5.32 Å². The molecule has 0 heterocycles. The Morgan fingerprint density at radius 2 is 2.38 bits per heavy atom. The topological polar surface area (TPSA) is 32.3 Å². The van der Waals surface area contributed by atoms with E-state index in [0.29, 0.717) is 6.04 Å². The molecule has 1 aliphatic carbocycles. The van der Waals surface area contributed by atoms with Crippen molar-refractivity contribution in [2.45, 2.75) is 38.6 Å². The third-order valence-electron chi connectivity index (χ3n) is 2.79. The molecule has 0 aromatic carbocycles. The number of hydrogen-bond acceptors (Lipinski definition) is 2. The van der Waals surface area contributed by atoms with Crippen LogP contribution in [-0.2, 0) is 0 Å². The fourth-order valence-electron chi connectivity index (χ4n) is 1.71. The molecular weight excluding hydrogens is 162 g/mol. The highest BCUT2D eigenvalue weighted by atomic mass is 16.3. The number of allylic oxidation sites excluding steroid dienone is 2. The Labute approximate surface area is 81.0 Å². The summed E-state index contributed by atoms with van der Waals surface area (Å²) in [6.45, 7) is 3.43. The van der Waals surface area contributed by atoms with E-state index in [2.05, 4.69) is 24.4 Å². The third kappa shape index (κ3) is 3.92. The molecule has 0 saturated heterocycles. The van der Waals surface area contributed by atoms with Crippen LogP contribution in [0.25, 0.3) is 0 Å². The molecule has 2 atom stereocenters. The highest BCUT2D eigenvalue weighted by molar-refractivity contribution is 4.90. The normalized spacial score (nSPS) is 24.6. The van der Waals surface area contributed by atoms with Gasteiger partial charge in [0.2, 0.25) is 0 Å². The Bertz CT molecular complexity index is 152. The van der Waals surface area contributed by atoms with E-state index in [-0.39, 0.29) is 6.61 Å². The van der Waals surface area contributed by atoms with Gasteiger partial charge in [-0.05, 0) is 38.1 Å². The molecule has 1 rings (SSSR count). The van der Waals surface area contributed by atoms with Crippen molar-refractivity contribution in [1.29, 1.82) is 0 Å². The molecule has 13 heavy (non-hydrogen) atoms. The average molecular weight is 183 g/mol. The summed E-state index contributed by atoms with van der Waals surface area (Å²) in [5.41, 5.74) is 0. The van der Waals surface area contributed by atoms with Crippen LogP contribution >= 0.6 is 0 Å². The minimum Gasteiger partial charge on any atom is -0.395 e. The molecule has 0 aromatic rings. The predicted molar refractivity (Wildman–Crippen MR) is 55.6 cm³/mol. The summed E-state index contributed by atoms with van der Waals surface area (Å²) in [7, 11) is 0. The number of aliphatic hydroxyl groups is 1. The molecule has 0 saturated carbocycles. The van der Waals surface area contributed by atoms with Crippen molar-refractivity contribution < 1.29 is 5.11 Å². The van der Waals surface area contributed by atoms with Crippen LogP contribution in [0.5, 0.6) is 0 Å². The van der Waals surface area contributed by atoms with Crippen LogP contribution < -0.4 is 5.32 Å². The number of hydrogen-bond donors (Lipinski definition) is 2. The van der Waals surface area contributed by atoms with Gasteiger partial charge in [0.1, 0.15) is 0 Å². The maximum atomic E-state index is 8.98. The summed E-state index contributed by atoms with van der Waals surface area (Å²) in [6.07, 6.45) is 9.27. The summed E-state index contributed by atoms with van der Waals surface area (Å²) in [6, 6.07) is 0.297. The van der Waals surface area contributed by atoms with Crippen LogP contribution in [0.2, 0.25) is 0 Å². The Kier molecular flexibility index (Phi) is 5.09. The highest BCUT2D eigenvalue weighted by Gasteiger charge is 2.11. The molecule has 0 radical (unpaired) electrons. The third-order valence-corrected chi connectivity index (χ3v) is 2.79. The Morgan fingerprint density at radius 1 is 1.54 bits per heavy atom. The lowest BCUT2D eigenvalue weighted by atomic mass is 9.94. The Hall–Kier alpha value is -0.340. The smallest absolute Gasteiger partial charge is 0.0584 e. The Morgan fingerprint density at radius 3 is 2.92 bits per heavy atom. The first kappa shape index (κ1) is 10.7. The zero-order valence-electron chi connectivity index (χ0n) is 8.50. The van der Waals surface area contributed by atoms with Gasteiger partial charge in [-0.1, -0.05) is 19.1 Å². The van der Waals surface area contributed by atoms with Gasteiger partial charge in [-0.15, -0.1) is 0 Å². The van der Waals surface area contributed by atoms with E-state index in [1.165, 1.54) is 19.3 Å². The van der Waals surface area contributed by atoms with Crippen LogP contribution in [0, 0.1) is 5.92 Å². The molecule has 0 bridgehead atoms. The summed E-state index contributed by atoms with van der Waals surface area (Å²) < 4.78 is 0. The van der Waals surface area contributed by atoms with Crippen LogP contribution in [-0.4, -0.2) is 24.3 Å². The lowest BCUT2D eigenvalue weighted by Crippen LogP contribution is -2.35. The second kappa shape index (κ2) is 6.17. The van der Waals surface area contributed by atoms with E-state index in [1.807, 2.05) is 0 Å². The van der Waals surface area contributed by atoms with Gasteiger partial charge in [0.05, 0.1) is 6.61 Å². The van der Waals surface area contributed by atoms with Gasteiger partial charge in [0.15, 0.2) is 0 Å².